The van der Waals surface area contributed by atoms with Crippen LogP contribution in [0.25, 0.3) is 0 Å². The summed E-state index contributed by atoms with van der Waals surface area (Å²) in [6.45, 7) is 0. The third-order valence-electron chi connectivity index (χ3n) is 2.31. The number of hydrogen-bond donors (Lipinski definition) is 2. The van der Waals surface area contributed by atoms with Crippen molar-refractivity contribution in [1.29, 1.82) is 0 Å². The molecule has 2 N–H and O–H groups in total. The molecule has 0 saturated heterocycles. The van der Waals surface area contributed by atoms with Crippen molar-refractivity contribution in [2.45, 2.75) is 23.8 Å². The molecule has 0 radical (unpaired) electrons. The second-order valence-corrected chi connectivity index (χ2v) is 4.96. The van der Waals surface area contributed by atoms with E-state index in [1.807, 2.05) is 18.2 Å². The van der Waals surface area contributed by atoms with Crippen molar-refractivity contribution in [3.05, 3.63) is 23.2 Å². The highest BCUT2D eigenvalue weighted by atomic mass is 35.5. The SMILES string of the molecule is Clc1ccc2c(c1)SNC(=NC1CC1)N2. The molecule has 0 aromatic heterocycles. The van der Waals surface area contributed by atoms with E-state index in [-0.39, 0.29) is 0 Å². The minimum absolute atomic E-state index is 0.523. The molecule has 1 fully saturated rings. The van der Waals surface area contributed by atoms with Crippen molar-refractivity contribution < 1.29 is 0 Å². The molecular formula is C10H10ClN3S. The van der Waals surface area contributed by atoms with Gasteiger partial charge < -0.3 is 5.32 Å². The number of rotatable bonds is 1. The summed E-state index contributed by atoms with van der Waals surface area (Å²) in [5.41, 5.74) is 1.07. The number of hydrogen-bond acceptors (Lipinski definition) is 2. The Balaban J connectivity index is 1.86. The van der Waals surface area contributed by atoms with E-state index in [0.717, 1.165) is 21.6 Å². The molecule has 5 heteroatoms. The van der Waals surface area contributed by atoms with Gasteiger partial charge in [-0.1, -0.05) is 11.6 Å². The van der Waals surface area contributed by atoms with E-state index in [2.05, 4.69) is 15.0 Å². The van der Waals surface area contributed by atoms with Crippen LogP contribution in [0, 0.1) is 0 Å². The molecule has 0 bridgehead atoms. The third-order valence-corrected chi connectivity index (χ3v) is 3.40. The Morgan fingerprint density at radius 1 is 1.40 bits per heavy atom. The standard InChI is InChI=1S/C10H10ClN3S/c11-6-1-4-8-9(5-6)15-14-10(13-8)12-7-2-3-7/h1,4-5,7H,2-3H2,(H2,12,13,14). The molecule has 3 nitrogen and oxygen atoms in total. The lowest BCUT2D eigenvalue weighted by Gasteiger charge is -2.20. The summed E-state index contributed by atoms with van der Waals surface area (Å²) in [4.78, 5) is 5.62. The zero-order valence-corrected chi connectivity index (χ0v) is 9.53. The normalized spacial score (nSPS) is 21.8. The van der Waals surface area contributed by atoms with Gasteiger partial charge in [-0.05, 0) is 43.0 Å². The largest absolute Gasteiger partial charge is 0.325 e. The van der Waals surface area contributed by atoms with Crippen LogP contribution in [0.15, 0.2) is 28.1 Å². The van der Waals surface area contributed by atoms with Gasteiger partial charge in [0.05, 0.1) is 16.6 Å². The van der Waals surface area contributed by atoms with Gasteiger partial charge in [0.1, 0.15) is 0 Å². The van der Waals surface area contributed by atoms with Crippen LogP contribution in [0.2, 0.25) is 5.02 Å². The lowest BCUT2D eigenvalue weighted by molar-refractivity contribution is 1.05. The van der Waals surface area contributed by atoms with Crippen molar-refractivity contribution in [2.75, 3.05) is 5.32 Å². The summed E-state index contributed by atoms with van der Waals surface area (Å²) >= 11 is 7.46. The minimum atomic E-state index is 0.523. The molecule has 15 heavy (non-hydrogen) atoms. The number of benzene rings is 1. The predicted molar refractivity (Wildman–Crippen MR) is 64.5 cm³/mol. The fourth-order valence-corrected chi connectivity index (χ4v) is 2.35. The van der Waals surface area contributed by atoms with E-state index in [0.29, 0.717) is 6.04 Å². The Hall–Kier alpha value is -0.870. The second kappa shape index (κ2) is 3.61. The lowest BCUT2D eigenvalue weighted by atomic mass is 10.3. The van der Waals surface area contributed by atoms with Gasteiger partial charge in [0.25, 0.3) is 0 Å². The summed E-state index contributed by atoms with van der Waals surface area (Å²) in [5, 5.41) is 4.01. The number of guanidine groups is 1. The van der Waals surface area contributed by atoms with Crippen molar-refractivity contribution in [3.8, 4) is 0 Å². The van der Waals surface area contributed by atoms with Crippen LogP contribution in [0.3, 0.4) is 0 Å². The number of anilines is 1. The van der Waals surface area contributed by atoms with Gasteiger partial charge in [-0.2, -0.15) is 0 Å². The van der Waals surface area contributed by atoms with Gasteiger partial charge >= 0.3 is 0 Å². The molecule has 1 aromatic carbocycles. The number of aliphatic imine (C=N–C) groups is 1. The second-order valence-electron chi connectivity index (χ2n) is 3.68. The fourth-order valence-electron chi connectivity index (χ4n) is 1.39. The lowest BCUT2D eigenvalue weighted by Crippen LogP contribution is -2.29. The summed E-state index contributed by atoms with van der Waals surface area (Å²) in [5.74, 6) is 0.859. The fraction of sp³-hybridized carbons (Fsp3) is 0.300. The number of halogens is 1. The van der Waals surface area contributed by atoms with E-state index in [1.54, 1.807) is 11.9 Å². The average Bonchev–Trinajstić information content (AvgIpc) is 3.02. The maximum absolute atomic E-state index is 5.91. The molecule has 1 heterocycles. The molecule has 1 saturated carbocycles. The number of nitrogens with zero attached hydrogens (tertiary/aromatic N) is 1. The van der Waals surface area contributed by atoms with Crippen LogP contribution in [-0.4, -0.2) is 12.0 Å². The van der Waals surface area contributed by atoms with Gasteiger partial charge in [0.15, 0.2) is 0 Å². The molecule has 0 amide bonds. The van der Waals surface area contributed by atoms with E-state index in [4.69, 9.17) is 11.6 Å². The van der Waals surface area contributed by atoms with Crippen molar-refractivity contribution in [1.82, 2.24) is 4.72 Å². The predicted octanol–water partition coefficient (Wildman–Crippen LogP) is 2.88. The molecule has 1 aromatic rings. The Kier molecular flexibility index (Phi) is 2.25. The van der Waals surface area contributed by atoms with Crippen LogP contribution < -0.4 is 10.0 Å². The summed E-state index contributed by atoms with van der Waals surface area (Å²) in [6, 6.07) is 6.33. The molecule has 2 aliphatic rings. The first-order valence-electron chi connectivity index (χ1n) is 4.88. The summed E-state index contributed by atoms with van der Waals surface area (Å²) in [7, 11) is 0. The Morgan fingerprint density at radius 2 is 2.27 bits per heavy atom. The molecule has 1 aliphatic heterocycles. The van der Waals surface area contributed by atoms with Crippen LogP contribution in [0.1, 0.15) is 12.8 Å². The van der Waals surface area contributed by atoms with Crippen molar-refractivity contribution >= 4 is 35.2 Å². The first-order chi connectivity index (χ1) is 7.31. The Bertz CT molecular complexity index is 429. The summed E-state index contributed by atoms with van der Waals surface area (Å²) in [6.07, 6.45) is 2.43. The summed E-state index contributed by atoms with van der Waals surface area (Å²) < 4.78 is 3.17. The maximum Gasteiger partial charge on any atom is 0.206 e. The quantitative estimate of drug-likeness (QED) is 0.740. The van der Waals surface area contributed by atoms with Crippen LogP contribution >= 0.6 is 23.5 Å². The third kappa shape index (κ3) is 2.06. The van der Waals surface area contributed by atoms with Gasteiger partial charge in [-0.15, -0.1) is 0 Å². The van der Waals surface area contributed by atoms with E-state index < -0.39 is 0 Å². The van der Waals surface area contributed by atoms with E-state index >= 15 is 0 Å². The van der Waals surface area contributed by atoms with Crippen LogP contribution in [-0.2, 0) is 0 Å². The zero-order valence-electron chi connectivity index (χ0n) is 7.96. The van der Waals surface area contributed by atoms with Crippen LogP contribution in [0.5, 0.6) is 0 Å². The van der Waals surface area contributed by atoms with Gasteiger partial charge in [0, 0.05) is 5.02 Å². The first-order valence-corrected chi connectivity index (χ1v) is 6.08. The molecule has 1 aliphatic carbocycles. The average molecular weight is 240 g/mol. The van der Waals surface area contributed by atoms with Gasteiger partial charge in [0.2, 0.25) is 5.96 Å². The van der Waals surface area contributed by atoms with E-state index in [9.17, 15) is 0 Å². The van der Waals surface area contributed by atoms with Gasteiger partial charge in [-0.25, -0.2) is 4.99 Å². The zero-order chi connectivity index (χ0) is 10.3. The molecule has 78 valence electrons. The molecule has 3 rings (SSSR count). The Morgan fingerprint density at radius 3 is 3.07 bits per heavy atom. The van der Waals surface area contributed by atoms with Gasteiger partial charge in [-0.3, -0.25) is 4.72 Å². The smallest absolute Gasteiger partial charge is 0.206 e. The Labute approximate surface area is 97.4 Å². The van der Waals surface area contributed by atoms with E-state index in [1.165, 1.54) is 12.8 Å². The maximum atomic E-state index is 5.91. The topological polar surface area (TPSA) is 36.4 Å². The molecule has 0 atom stereocenters. The monoisotopic (exact) mass is 239 g/mol. The molecule has 0 unspecified atom stereocenters. The molecule has 0 spiro atoms. The number of fused-ring (bicyclic) bond motifs is 1. The highest BCUT2D eigenvalue weighted by molar-refractivity contribution is 7.98. The first kappa shape index (κ1) is 9.36. The molecular weight excluding hydrogens is 230 g/mol. The number of nitrogens with one attached hydrogen (secondary N) is 2. The van der Waals surface area contributed by atoms with Crippen molar-refractivity contribution in [2.24, 2.45) is 4.99 Å². The highest BCUT2D eigenvalue weighted by Gasteiger charge is 2.22. The van der Waals surface area contributed by atoms with Crippen LogP contribution in [0.4, 0.5) is 5.69 Å². The minimum Gasteiger partial charge on any atom is -0.325 e. The highest BCUT2D eigenvalue weighted by Crippen LogP contribution is 2.32. The van der Waals surface area contributed by atoms with Crippen molar-refractivity contribution in [3.63, 3.8) is 0 Å².